The molecule has 1 aliphatic heterocycles. The van der Waals surface area contributed by atoms with Gasteiger partial charge in [-0.15, -0.1) is 35.9 Å². The first-order valence-electron chi connectivity index (χ1n) is 13.9. The molecule has 1 saturated carbocycles. The van der Waals surface area contributed by atoms with Crippen LogP contribution >= 0.6 is 35.9 Å². The van der Waals surface area contributed by atoms with Crippen molar-refractivity contribution in [3.8, 4) is 23.0 Å². The van der Waals surface area contributed by atoms with Gasteiger partial charge in [-0.05, 0) is 92.6 Å². The molecule has 2 aromatic rings. The number of methoxy groups -OCH3 is 4. The average molecular weight is 596 g/mol. The van der Waals surface area contributed by atoms with E-state index in [1.807, 2.05) is 0 Å². The van der Waals surface area contributed by atoms with Crippen LogP contribution in [0, 0.1) is 0 Å². The molecular weight excluding hydrogens is 550 g/mol. The van der Waals surface area contributed by atoms with Gasteiger partial charge in [-0.2, -0.15) is 0 Å². The number of nitrogens with zero attached hydrogens (tertiary/aromatic N) is 1. The molecule has 0 atom stereocenters. The predicted molar refractivity (Wildman–Crippen MR) is 169 cm³/mol. The Morgan fingerprint density at radius 2 is 1.26 bits per heavy atom. The monoisotopic (exact) mass is 595 g/mol. The smallest absolute Gasteiger partial charge is 0.161 e. The minimum Gasteiger partial charge on any atom is -0.493 e. The van der Waals surface area contributed by atoms with Crippen LogP contribution in [0.3, 0.4) is 0 Å². The minimum absolute atomic E-state index is 0. The van der Waals surface area contributed by atoms with Crippen molar-refractivity contribution < 1.29 is 18.9 Å². The highest BCUT2D eigenvalue weighted by atomic mass is 35.5. The Kier molecular flexibility index (Phi) is 12.3. The van der Waals surface area contributed by atoms with E-state index >= 15 is 0 Å². The molecular formula is C31H46ClNO4S2. The van der Waals surface area contributed by atoms with Gasteiger partial charge in [0.25, 0.3) is 0 Å². The Morgan fingerprint density at radius 3 is 1.82 bits per heavy atom. The number of hydrogen-bond donors (Lipinski definition) is 0. The summed E-state index contributed by atoms with van der Waals surface area (Å²) in [6.45, 7) is 2.16. The second kappa shape index (κ2) is 15.0. The normalized spacial score (nSPS) is 18.2. The van der Waals surface area contributed by atoms with Gasteiger partial charge in [0.05, 0.1) is 32.5 Å². The fourth-order valence-electron chi connectivity index (χ4n) is 6.21. The molecule has 0 unspecified atom stereocenters. The maximum atomic E-state index is 5.67. The fraction of sp³-hybridized carbons (Fsp3) is 0.613. The molecule has 0 bridgehead atoms. The lowest BCUT2D eigenvalue weighted by Gasteiger charge is -2.41. The van der Waals surface area contributed by atoms with Crippen LogP contribution in [0.2, 0.25) is 0 Å². The molecule has 2 fully saturated rings. The molecule has 2 aliphatic rings. The molecule has 4 rings (SSSR count). The second-order valence-corrected chi connectivity index (χ2v) is 13.7. The van der Waals surface area contributed by atoms with Crippen LogP contribution in [0.25, 0.3) is 0 Å². The van der Waals surface area contributed by atoms with E-state index in [1.54, 1.807) is 28.4 Å². The average Bonchev–Trinajstić information content (AvgIpc) is 2.97. The highest BCUT2D eigenvalue weighted by Gasteiger charge is 2.38. The summed E-state index contributed by atoms with van der Waals surface area (Å²) in [5.41, 5.74) is 2.91. The van der Waals surface area contributed by atoms with Crippen LogP contribution in [0.1, 0.15) is 62.5 Å². The van der Waals surface area contributed by atoms with E-state index in [0.29, 0.717) is 0 Å². The molecule has 1 aliphatic carbocycles. The van der Waals surface area contributed by atoms with Gasteiger partial charge in [-0.3, -0.25) is 0 Å². The van der Waals surface area contributed by atoms with E-state index in [-0.39, 0.29) is 21.9 Å². The van der Waals surface area contributed by atoms with Crippen molar-refractivity contribution in [1.29, 1.82) is 0 Å². The van der Waals surface area contributed by atoms with Gasteiger partial charge in [-0.1, -0.05) is 31.4 Å². The first kappa shape index (κ1) is 32.1. The predicted octanol–water partition coefficient (Wildman–Crippen LogP) is 7.78. The number of halogens is 1. The molecule has 0 spiro atoms. The fourth-order valence-corrected chi connectivity index (χ4v) is 9.63. The molecule has 1 saturated heterocycles. The number of thioether (sulfide) groups is 2. The number of rotatable bonds is 12. The number of likely N-dealkylation sites (N-methyl/N-ethyl adjacent to an activating group) is 1. The summed E-state index contributed by atoms with van der Waals surface area (Å²) in [6, 6.07) is 13.1. The van der Waals surface area contributed by atoms with E-state index < -0.39 is 0 Å². The Bertz CT molecular complexity index is 1040. The SMILES string of the molecule is COc1ccc(C2(CN(C)CCCC3(c4ccc(OC)c(OC)c4)SCCCS3)CCCCC2)cc1OC.Cl. The molecule has 0 amide bonds. The van der Waals surface area contributed by atoms with Crippen LogP contribution in [-0.2, 0) is 9.49 Å². The van der Waals surface area contributed by atoms with Gasteiger partial charge in [-0.25, -0.2) is 0 Å². The molecule has 0 N–H and O–H groups in total. The topological polar surface area (TPSA) is 40.2 Å². The van der Waals surface area contributed by atoms with E-state index in [0.717, 1.165) is 48.9 Å². The zero-order valence-corrected chi connectivity index (χ0v) is 26.7. The maximum Gasteiger partial charge on any atom is 0.161 e. The molecule has 218 valence electrons. The van der Waals surface area contributed by atoms with Crippen molar-refractivity contribution in [1.82, 2.24) is 4.90 Å². The lowest BCUT2D eigenvalue weighted by Crippen LogP contribution is -2.41. The number of hydrogen-bond acceptors (Lipinski definition) is 7. The van der Waals surface area contributed by atoms with Crippen molar-refractivity contribution in [2.24, 2.45) is 0 Å². The van der Waals surface area contributed by atoms with Gasteiger partial charge in [0.15, 0.2) is 23.0 Å². The number of benzene rings is 2. The number of ether oxygens (including phenoxy) is 4. The third-order valence-corrected chi connectivity index (χ3v) is 11.7. The largest absolute Gasteiger partial charge is 0.493 e. The van der Waals surface area contributed by atoms with Gasteiger partial charge in [0, 0.05) is 12.0 Å². The second-order valence-electron chi connectivity index (χ2n) is 10.6. The summed E-state index contributed by atoms with van der Waals surface area (Å²) in [5.74, 6) is 5.67. The lowest BCUT2D eigenvalue weighted by atomic mass is 9.69. The summed E-state index contributed by atoms with van der Waals surface area (Å²) in [5, 5.41) is 0. The zero-order chi connectivity index (χ0) is 27.0. The summed E-state index contributed by atoms with van der Waals surface area (Å²) >= 11 is 4.22. The Hall–Kier alpha value is -1.41. The molecule has 1 heterocycles. The Labute approximate surface area is 250 Å². The summed E-state index contributed by atoms with van der Waals surface area (Å²) in [7, 11) is 9.18. The lowest BCUT2D eigenvalue weighted by molar-refractivity contribution is 0.190. The molecule has 2 aromatic carbocycles. The highest BCUT2D eigenvalue weighted by molar-refractivity contribution is 8.18. The first-order valence-corrected chi connectivity index (χ1v) is 15.9. The van der Waals surface area contributed by atoms with Crippen LogP contribution in [0.5, 0.6) is 23.0 Å². The maximum absolute atomic E-state index is 5.67. The van der Waals surface area contributed by atoms with Gasteiger partial charge in [0.1, 0.15) is 0 Å². The molecule has 8 heteroatoms. The highest BCUT2D eigenvalue weighted by Crippen LogP contribution is 2.54. The molecule has 0 radical (unpaired) electrons. The summed E-state index contributed by atoms with van der Waals surface area (Å²) < 4.78 is 22.4. The van der Waals surface area contributed by atoms with E-state index in [9.17, 15) is 0 Å². The first-order chi connectivity index (χ1) is 18.5. The van der Waals surface area contributed by atoms with Gasteiger partial charge < -0.3 is 23.8 Å². The quantitative estimate of drug-likeness (QED) is 0.248. The standard InChI is InChI=1S/C31H45NO4S2.ClH/c1-32(23-30(15-7-6-8-16-30)24-11-13-26(33-2)28(21-24)35-4)18-9-17-31(37-19-10-20-38-31)25-12-14-27(34-3)29(22-25)36-5;/h11-14,21-22H,6-10,15-20,23H2,1-5H3;1H. The van der Waals surface area contributed by atoms with Gasteiger partial charge in [0.2, 0.25) is 0 Å². The zero-order valence-electron chi connectivity index (χ0n) is 24.3. The van der Waals surface area contributed by atoms with E-state index in [4.69, 9.17) is 18.9 Å². The third kappa shape index (κ3) is 7.46. The van der Waals surface area contributed by atoms with Crippen molar-refractivity contribution in [2.75, 3.05) is 60.1 Å². The van der Waals surface area contributed by atoms with Crippen molar-refractivity contribution >= 4 is 35.9 Å². The van der Waals surface area contributed by atoms with Crippen LogP contribution in [0.15, 0.2) is 36.4 Å². The Balaban J connectivity index is 0.00000420. The summed E-state index contributed by atoms with van der Waals surface area (Å²) in [6.07, 6.45) is 9.95. The third-order valence-electron chi connectivity index (χ3n) is 8.21. The Morgan fingerprint density at radius 1 is 0.718 bits per heavy atom. The molecule has 5 nitrogen and oxygen atoms in total. The molecule has 39 heavy (non-hydrogen) atoms. The van der Waals surface area contributed by atoms with Crippen LogP contribution in [0.4, 0.5) is 0 Å². The minimum atomic E-state index is 0. The van der Waals surface area contributed by atoms with Crippen LogP contribution in [-0.4, -0.2) is 65.0 Å². The van der Waals surface area contributed by atoms with E-state index in [2.05, 4.69) is 71.9 Å². The van der Waals surface area contributed by atoms with Crippen molar-refractivity contribution in [2.45, 2.75) is 60.9 Å². The van der Waals surface area contributed by atoms with Crippen molar-refractivity contribution in [3.63, 3.8) is 0 Å². The van der Waals surface area contributed by atoms with E-state index in [1.165, 1.54) is 61.2 Å². The van der Waals surface area contributed by atoms with Crippen LogP contribution < -0.4 is 18.9 Å². The van der Waals surface area contributed by atoms with Crippen molar-refractivity contribution in [3.05, 3.63) is 47.5 Å². The molecule has 0 aromatic heterocycles. The van der Waals surface area contributed by atoms with Gasteiger partial charge >= 0.3 is 0 Å². The summed E-state index contributed by atoms with van der Waals surface area (Å²) in [4.78, 5) is 2.57.